The molecule has 0 atom stereocenters. The van der Waals surface area contributed by atoms with Crippen molar-refractivity contribution in [3.05, 3.63) is 23.2 Å². The van der Waals surface area contributed by atoms with Crippen molar-refractivity contribution in [1.82, 2.24) is 0 Å². The second-order valence-corrected chi connectivity index (χ2v) is 7.31. The lowest BCUT2D eigenvalue weighted by Gasteiger charge is -2.10. The van der Waals surface area contributed by atoms with Gasteiger partial charge in [-0.25, -0.2) is 22.0 Å². The summed E-state index contributed by atoms with van der Waals surface area (Å²) >= 11 is 5.74. The number of hydrogen-bond donors (Lipinski definition) is 2. The summed E-state index contributed by atoms with van der Waals surface area (Å²) in [5, 5.41) is 4.87. The third kappa shape index (κ3) is 4.63. The molecule has 20 heavy (non-hydrogen) atoms. The number of nitrogens with one attached hydrogen (secondary N) is 1. The van der Waals surface area contributed by atoms with Crippen LogP contribution in [0.2, 0.25) is 5.02 Å². The fourth-order valence-electron chi connectivity index (χ4n) is 1.18. The van der Waals surface area contributed by atoms with E-state index < -0.39 is 31.8 Å². The molecule has 0 unspecified atom stereocenters. The molecule has 0 radical (unpaired) electrons. The largest absolute Gasteiger partial charge is 0.468 e. The number of anilines is 1. The van der Waals surface area contributed by atoms with E-state index in [1.807, 2.05) is 4.72 Å². The van der Waals surface area contributed by atoms with E-state index in [9.17, 15) is 21.6 Å². The smallest absolute Gasteiger partial charge is 0.322 e. The van der Waals surface area contributed by atoms with Gasteiger partial charge >= 0.3 is 5.97 Å². The van der Waals surface area contributed by atoms with E-state index in [-0.39, 0.29) is 15.6 Å². The normalized spacial score (nSPS) is 11.9. The fourth-order valence-corrected chi connectivity index (χ4v) is 2.94. The van der Waals surface area contributed by atoms with Gasteiger partial charge in [0.15, 0.2) is 5.75 Å². The van der Waals surface area contributed by atoms with Gasteiger partial charge in [-0.05, 0) is 18.2 Å². The number of rotatable bonds is 5. The van der Waals surface area contributed by atoms with Gasteiger partial charge < -0.3 is 4.74 Å². The zero-order valence-corrected chi connectivity index (χ0v) is 12.5. The van der Waals surface area contributed by atoms with Crippen molar-refractivity contribution in [2.75, 3.05) is 17.6 Å². The van der Waals surface area contributed by atoms with Crippen molar-refractivity contribution in [3.63, 3.8) is 0 Å². The van der Waals surface area contributed by atoms with Crippen LogP contribution in [0.5, 0.6) is 0 Å². The second-order valence-electron chi connectivity index (χ2n) is 3.62. The topological polar surface area (TPSA) is 133 Å². The first-order valence-electron chi connectivity index (χ1n) is 4.95. The Morgan fingerprint density at radius 2 is 1.95 bits per heavy atom. The Morgan fingerprint density at radius 1 is 1.35 bits per heavy atom. The Kier molecular flexibility index (Phi) is 4.97. The van der Waals surface area contributed by atoms with E-state index in [0.717, 1.165) is 25.3 Å². The zero-order chi connectivity index (χ0) is 15.6. The Bertz CT molecular complexity index is 729. The number of primary sulfonamides is 1. The first-order valence-corrected chi connectivity index (χ1v) is 8.52. The Hall–Kier alpha value is -1.36. The fraction of sp³-hybridized carbons (Fsp3) is 0.222. The Labute approximate surface area is 121 Å². The maximum Gasteiger partial charge on any atom is 0.322 e. The van der Waals surface area contributed by atoms with Crippen molar-refractivity contribution in [1.29, 1.82) is 0 Å². The summed E-state index contributed by atoms with van der Waals surface area (Å²) in [7, 11) is -7.05. The van der Waals surface area contributed by atoms with Crippen molar-refractivity contribution in [3.8, 4) is 0 Å². The van der Waals surface area contributed by atoms with Gasteiger partial charge in [-0.15, -0.1) is 0 Å². The van der Waals surface area contributed by atoms with Gasteiger partial charge in [0, 0.05) is 0 Å². The number of sulfonamides is 2. The summed E-state index contributed by atoms with van der Waals surface area (Å²) in [6.45, 7) is 0. The van der Waals surface area contributed by atoms with Crippen LogP contribution < -0.4 is 9.86 Å². The lowest BCUT2D eigenvalue weighted by atomic mass is 10.3. The molecule has 0 saturated heterocycles. The van der Waals surface area contributed by atoms with Crippen LogP contribution in [0, 0.1) is 0 Å². The summed E-state index contributed by atoms with van der Waals surface area (Å²) in [5.41, 5.74) is -0.206. The third-order valence-corrected chi connectivity index (χ3v) is 4.45. The van der Waals surface area contributed by atoms with Crippen molar-refractivity contribution >= 4 is 43.3 Å². The molecule has 0 aromatic heterocycles. The van der Waals surface area contributed by atoms with Crippen LogP contribution >= 0.6 is 11.6 Å². The number of halogens is 1. The van der Waals surface area contributed by atoms with E-state index in [2.05, 4.69) is 4.74 Å². The molecule has 11 heteroatoms. The number of benzene rings is 1. The van der Waals surface area contributed by atoms with Crippen molar-refractivity contribution in [2.24, 2.45) is 5.14 Å². The molecular formula is C9H11ClN2O6S2. The van der Waals surface area contributed by atoms with Gasteiger partial charge in [-0.1, -0.05) is 11.6 Å². The number of ether oxygens (including phenoxy) is 1. The van der Waals surface area contributed by atoms with Gasteiger partial charge in [-0.2, -0.15) is 0 Å². The van der Waals surface area contributed by atoms with Crippen molar-refractivity contribution in [2.45, 2.75) is 4.90 Å². The first kappa shape index (κ1) is 16.7. The summed E-state index contributed by atoms with van der Waals surface area (Å²) < 4.78 is 51.8. The van der Waals surface area contributed by atoms with E-state index in [1.165, 1.54) is 0 Å². The minimum Gasteiger partial charge on any atom is -0.468 e. The van der Waals surface area contributed by atoms with Gasteiger partial charge in [0.05, 0.1) is 22.7 Å². The molecule has 0 aliphatic rings. The quantitative estimate of drug-likeness (QED) is 0.718. The summed E-state index contributed by atoms with van der Waals surface area (Å²) in [6.07, 6.45) is 0. The number of carbonyl (C=O) groups is 1. The van der Waals surface area contributed by atoms with Crippen LogP contribution in [0.1, 0.15) is 0 Å². The van der Waals surface area contributed by atoms with E-state index >= 15 is 0 Å². The standard InChI is InChI=1S/C9H11ClN2O6S2/c1-18-9(13)5-19(14,15)12-8-4-6(20(11,16)17)2-3-7(8)10/h2-4,12H,5H2,1H3,(H2,11,16,17). The van der Waals surface area contributed by atoms with Crippen LogP contribution in [0.3, 0.4) is 0 Å². The predicted octanol–water partition coefficient (Wildman–Crippen LogP) is -0.0979. The molecule has 0 heterocycles. The lowest BCUT2D eigenvalue weighted by Crippen LogP contribution is -2.24. The predicted molar refractivity (Wildman–Crippen MR) is 72.3 cm³/mol. The molecule has 0 aliphatic carbocycles. The number of nitrogens with two attached hydrogens (primary N) is 1. The highest BCUT2D eigenvalue weighted by molar-refractivity contribution is 7.93. The SMILES string of the molecule is COC(=O)CS(=O)(=O)Nc1cc(S(N)(=O)=O)ccc1Cl. The highest BCUT2D eigenvalue weighted by atomic mass is 35.5. The first-order chi connectivity index (χ1) is 9.05. The lowest BCUT2D eigenvalue weighted by molar-refractivity contribution is -0.137. The maximum absolute atomic E-state index is 11.6. The minimum absolute atomic E-state index is 0.0501. The van der Waals surface area contributed by atoms with Gasteiger partial charge in [-0.3, -0.25) is 9.52 Å². The zero-order valence-electron chi connectivity index (χ0n) is 10.2. The average molecular weight is 343 g/mol. The number of esters is 1. The molecule has 112 valence electrons. The summed E-state index contributed by atoms with van der Waals surface area (Å²) in [4.78, 5) is 10.6. The summed E-state index contributed by atoms with van der Waals surface area (Å²) in [5.74, 6) is -1.91. The monoisotopic (exact) mass is 342 g/mol. The van der Waals surface area contributed by atoms with E-state index in [4.69, 9.17) is 16.7 Å². The molecule has 0 amide bonds. The molecule has 0 saturated carbocycles. The number of methoxy groups -OCH3 is 1. The Morgan fingerprint density at radius 3 is 2.45 bits per heavy atom. The molecule has 0 bridgehead atoms. The van der Waals surface area contributed by atoms with Crippen molar-refractivity contribution < 1.29 is 26.4 Å². The van der Waals surface area contributed by atoms with E-state index in [1.54, 1.807) is 0 Å². The van der Waals surface area contributed by atoms with Crippen LogP contribution in [0.4, 0.5) is 5.69 Å². The average Bonchev–Trinajstić information content (AvgIpc) is 2.29. The highest BCUT2D eigenvalue weighted by Gasteiger charge is 2.19. The molecule has 8 nitrogen and oxygen atoms in total. The molecule has 0 aliphatic heterocycles. The van der Waals surface area contributed by atoms with Crippen LogP contribution in [0.15, 0.2) is 23.1 Å². The molecule has 3 N–H and O–H groups in total. The second kappa shape index (κ2) is 5.95. The maximum atomic E-state index is 11.6. The summed E-state index contributed by atoms with van der Waals surface area (Å²) in [6, 6.07) is 3.24. The molecule has 0 fully saturated rings. The van der Waals surface area contributed by atoms with Gasteiger partial charge in [0.25, 0.3) is 0 Å². The van der Waals surface area contributed by atoms with Crippen LogP contribution in [0.25, 0.3) is 0 Å². The van der Waals surface area contributed by atoms with E-state index in [0.29, 0.717) is 0 Å². The number of hydrogen-bond acceptors (Lipinski definition) is 6. The van der Waals surface area contributed by atoms with Gasteiger partial charge in [0.1, 0.15) is 0 Å². The molecule has 1 rings (SSSR count). The minimum atomic E-state index is -4.08. The highest BCUT2D eigenvalue weighted by Crippen LogP contribution is 2.25. The molecular weight excluding hydrogens is 332 g/mol. The van der Waals surface area contributed by atoms with Crippen LogP contribution in [-0.4, -0.2) is 35.7 Å². The number of carbonyl (C=O) groups excluding carboxylic acids is 1. The Balaban J connectivity index is 3.12. The molecule has 0 spiro atoms. The molecule has 1 aromatic carbocycles. The molecule has 1 aromatic rings. The van der Waals surface area contributed by atoms with Crippen LogP contribution in [-0.2, 0) is 29.6 Å². The third-order valence-electron chi connectivity index (χ3n) is 2.07. The van der Waals surface area contributed by atoms with Gasteiger partial charge in [0.2, 0.25) is 20.0 Å².